The molecule has 2 N–H and O–H groups in total. The average Bonchev–Trinajstić information content (AvgIpc) is 2.56. The summed E-state index contributed by atoms with van der Waals surface area (Å²) in [5.74, 6) is 0.662. The number of aliphatic hydroxyl groups is 1. The van der Waals surface area contributed by atoms with Gasteiger partial charge in [-0.25, -0.2) is 4.89 Å². The Kier molecular flexibility index (Phi) is 3.84. The van der Waals surface area contributed by atoms with E-state index in [1.54, 1.807) is 0 Å². The van der Waals surface area contributed by atoms with Crippen LogP contribution in [-0.4, -0.2) is 34.6 Å². The Labute approximate surface area is 120 Å². The van der Waals surface area contributed by atoms with Gasteiger partial charge in [0.15, 0.2) is 18.2 Å². The van der Waals surface area contributed by atoms with Crippen LogP contribution < -0.4 is 0 Å². The fraction of sp³-hybridized carbons (Fsp3) is 1.00. The first-order valence-electron chi connectivity index (χ1n) is 7.82. The lowest BCUT2D eigenvalue weighted by Crippen LogP contribution is -2.67. The van der Waals surface area contributed by atoms with Gasteiger partial charge < -0.3 is 14.6 Å². The maximum Gasteiger partial charge on any atom is 0.193 e. The summed E-state index contributed by atoms with van der Waals surface area (Å²) in [6.07, 6.45) is 2.42. The van der Waals surface area contributed by atoms with Gasteiger partial charge in [0, 0.05) is 11.8 Å². The monoisotopic (exact) mass is 286 g/mol. The Morgan fingerprint density at radius 2 is 1.70 bits per heavy atom. The van der Waals surface area contributed by atoms with E-state index in [0.717, 1.165) is 25.7 Å². The van der Waals surface area contributed by atoms with Crippen molar-refractivity contribution < 1.29 is 24.7 Å². The average molecular weight is 286 g/mol. The molecule has 2 unspecified atom stereocenters. The molecule has 0 spiro atoms. The number of aliphatic hydroxyl groups excluding tert-OH is 1. The summed E-state index contributed by atoms with van der Waals surface area (Å²) in [5.41, 5.74) is -0.832. The number of ether oxygens (including phenoxy) is 2. The van der Waals surface area contributed by atoms with Crippen LogP contribution in [0.4, 0.5) is 0 Å². The molecule has 0 bridgehead atoms. The highest BCUT2D eigenvalue weighted by atomic mass is 17.1. The molecular formula is C15H26O5. The third-order valence-corrected chi connectivity index (χ3v) is 5.89. The van der Waals surface area contributed by atoms with E-state index in [9.17, 15) is 10.4 Å². The second-order valence-corrected chi connectivity index (χ2v) is 6.95. The van der Waals surface area contributed by atoms with E-state index in [-0.39, 0.29) is 23.9 Å². The molecule has 116 valence electrons. The van der Waals surface area contributed by atoms with Gasteiger partial charge in [0.2, 0.25) is 0 Å². The third kappa shape index (κ3) is 1.95. The topological polar surface area (TPSA) is 68.2 Å². The molecule has 0 radical (unpaired) electrons. The minimum atomic E-state index is -0.854. The number of rotatable bonds is 1. The normalized spacial score (nSPS) is 56.0. The summed E-state index contributed by atoms with van der Waals surface area (Å²) in [6, 6.07) is 0. The summed E-state index contributed by atoms with van der Waals surface area (Å²) >= 11 is 0. The second kappa shape index (κ2) is 5.21. The molecule has 2 aliphatic heterocycles. The fourth-order valence-electron chi connectivity index (χ4n) is 4.69. The molecule has 3 fully saturated rings. The molecule has 8 atom stereocenters. The zero-order chi connectivity index (χ0) is 14.5. The minimum Gasteiger partial charge on any atom is -0.368 e. The van der Waals surface area contributed by atoms with E-state index < -0.39 is 18.2 Å². The van der Waals surface area contributed by atoms with Gasteiger partial charge in [-0.1, -0.05) is 13.8 Å². The lowest BCUT2D eigenvalue weighted by atomic mass is 9.58. The first-order chi connectivity index (χ1) is 9.50. The first-order valence-corrected chi connectivity index (χ1v) is 7.82. The highest BCUT2D eigenvalue weighted by Crippen LogP contribution is 2.56. The second-order valence-electron chi connectivity index (χ2n) is 6.95. The molecule has 0 aromatic heterocycles. The fourth-order valence-corrected chi connectivity index (χ4v) is 4.69. The minimum absolute atomic E-state index is 0.0473. The van der Waals surface area contributed by atoms with Crippen LogP contribution in [0.1, 0.15) is 46.5 Å². The summed E-state index contributed by atoms with van der Waals surface area (Å²) in [7, 11) is 0. The van der Waals surface area contributed by atoms with Crippen molar-refractivity contribution in [1.82, 2.24) is 0 Å². The van der Waals surface area contributed by atoms with Crippen LogP contribution in [0.2, 0.25) is 0 Å². The summed E-state index contributed by atoms with van der Waals surface area (Å²) in [5, 5.41) is 19.9. The van der Waals surface area contributed by atoms with E-state index in [0.29, 0.717) is 5.92 Å². The molecule has 2 saturated heterocycles. The predicted molar refractivity (Wildman–Crippen MR) is 71.6 cm³/mol. The first kappa shape index (κ1) is 14.7. The standard InChI is InChI=1S/C15H26O5/c1-8-4-6-12-10(3)13(16)19-14-15(12,20-17)11(8)7-5-9(2)18-14/h8-14,16-17H,4-7H2,1-3H3/t8-,9?,10-,11-,12?,13+,14+,15-/m1/s1. The Bertz CT molecular complexity index is 358. The Balaban J connectivity index is 2.04. The quantitative estimate of drug-likeness (QED) is 0.572. The van der Waals surface area contributed by atoms with Crippen molar-refractivity contribution >= 4 is 0 Å². The maximum atomic E-state index is 10.1. The summed E-state index contributed by atoms with van der Waals surface area (Å²) < 4.78 is 11.6. The van der Waals surface area contributed by atoms with Crippen molar-refractivity contribution in [2.24, 2.45) is 23.7 Å². The van der Waals surface area contributed by atoms with Gasteiger partial charge in [-0.2, -0.15) is 0 Å². The van der Waals surface area contributed by atoms with Crippen LogP contribution in [0.15, 0.2) is 0 Å². The molecule has 5 heteroatoms. The molecule has 5 nitrogen and oxygen atoms in total. The molecule has 1 saturated carbocycles. The van der Waals surface area contributed by atoms with Crippen molar-refractivity contribution in [2.75, 3.05) is 0 Å². The SMILES string of the molecule is CC1CC[C@@H]2[C@H](C)CCC3[C@@H](C)[C@@H](O)O[C@H](O1)[C@]32OO. The van der Waals surface area contributed by atoms with Crippen LogP contribution in [0.25, 0.3) is 0 Å². The van der Waals surface area contributed by atoms with Crippen LogP contribution in [0.3, 0.4) is 0 Å². The molecular weight excluding hydrogens is 260 g/mol. The van der Waals surface area contributed by atoms with Gasteiger partial charge in [-0.05, 0) is 44.4 Å². The van der Waals surface area contributed by atoms with Gasteiger partial charge in [-0.3, -0.25) is 5.26 Å². The highest BCUT2D eigenvalue weighted by Gasteiger charge is 2.64. The lowest BCUT2D eigenvalue weighted by Gasteiger charge is -2.57. The molecule has 3 aliphatic rings. The molecule has 0 aromatic carbocycles. The van der Waals surface area contributed by atoms with Crippen LogP contribution in [0.5, 0.6) is 0 Å². The Morgan fingerprint density at radius 1 is 1.00 bits per heavy atom. The third-order valence-electron chi connectivity index (χ3n) is 5.89. The zero-order valence-corrected chi connectivity index (χ0v) is 12.5. The summed E-state index contributed by atoms with van der Waals surface area (Å²) in [6.45, 7) is 6.19. The number of hydrogen-bond donors (Lipinski definition) is 2. The molecule has 1 aliphatic carbocycles. The van der Waals surface area contributed by atoms with E-state index >= 15 is 0 Å². The van der Waals surface area contributed by atoms with Crippen LogP contribution in [0, 0.1) is 23.7 Å². The molecule has 3 rings (SSSR count). The van der Waals surface area contributed by atoms with Gasteiger partial charge in [0.1, 0.15) is 0 Å². The van der Waals surface area contributed by atoms with Crippen LogP contribution >= 0.6 is 0 Å². The Hall–Kier alpha value is -0.200. The van der Waals surface area contributed by atoms with Crippen LogP contribution in [-0.2, 0) is 14.4 Å². The molecule has 0 amide bonds. The molecule has 0 aromatic rings. The summed E-state index contributed by atoms with van der Waals surface area (Å²) in [4.78, 5) is 5.11. The predicted octanol–water partition coefficient (Wildman–Crippen LogP) is 2.39. The molecule has 20 heavy (non-hydrogen) atoms. The van der Waals surface area contributed by atoms with Gasteiger partial charge in [-0.15, -0.1) is 0 Å². The number of hydrogen-bond acceptors (Lipinski definition) is 5. The zero-order valence-electron chi connectivity index (χ0n) is 12.5. The van der Waals surface area contributed by atoms with E-state index in [1.165, 1.54) is 0 Å². The van der Waals surface area contributed by atoms with Crippen molar-refractivity contribution in [2.45, 2.75) is 70.7 Å². The Morgan fingerprint density at radius 3 is 2.40 bits per heavy atom. The van der Waals surface area contributed by atoms with E-state index in [1.807, 2.05) is 13.8 Å². The maximum absolute atomic E-state index is 10.1. The largest absolute Gasteiger partial charge is 0.368 e. The van der Waals surface area contributed by atoms with Crippen molar-refractivity contribution in [1.29, 1.82) is 0 Å². The molecule has 2 heterocycles. The van der Waals surface area contributed by atoms with E-state index in [4.69, 9.17) is 14.4 Å². The van der Waals surface area contributed by atoms with Gasteiger partial charge in [0.25, 0.3) is 0 Å². The van der Waals surface area contributed by atoms with Crippen molar-refractivity contribution in [3.63, 3.8) is 0 Å². The van der Waals surface area contributed by atoms with Gasteiger partial charge >= 0.3 is 0 Å². The van der Waals surface area contributed by atoms with Crippen molar-refractivity contribution in [3.8, 4) is 0 Å². The van der Waals surface area contributed by atoms with Crippen molar-refractivity contribution in [3.05, 3.63) is 0 Å². The highest BCUT2D eigenvalue weighted by molar-refractivity contribution is 5.07. The van der Waals surface area contributed by atoms with Gasteiger partial charge in [0.05, 0.1) is 6.10 Å². The van der Waals surface area contributed by atoms with E-state index in [2.05, 4.69) is 6.92 Å². The lowest BCUT2D eigenvalue weighted by molar-refractivity contribution is -0.457. The smallest absolute Gasteiger partial charge is 0.193 e.